The van der Waals surface area contributed by atoms with E-state index in [0.29, 0.717) is 12.8 Å². The molecule has 0 aliphatic rings. The average molecular weight is 240 g/mol. The van der Waals surface area contributed by atoms with Crippen LogP contribution in [0, 0.1) is 0 Å². The number of alkyl halides is 4. The standard InChI is InChI=1S/C6H10Cl4O/c1-3-5(7,8)11-6(9,10)4-2/h3-4H2,1-2H3. The molecule has 0 aromatic heterocycles. The van der Waals surface area contributed by atoms with Crippen molar-refractivity contribution in [2.75, 3.05) is 0 Å². The predicted molar refractivity (Wildman–Crippen MR) is 50.5 cm³/mol. The van der Waals surface area contributed by atoms with Gasteiger partial charge < -0.3 is 4.74 Å². The molecule has 0 rings (SSSR count). The van der Waals surface area contributed by atoms with Crippen molar-refractivity contribution >= 4 is 46.4 Å². The first-order valence-corrected chi connectivity index (χ1v) is 4.80. The zero-order valence-corrected chi connectivity index (χ0v) is 9.36. The quantitative estimate of drug-likeness (QED) is 0.672. The number of ether oxygens (including phenoxy) is 1. The molecule has 0 amide bonds. The van der Waals surface area contributed by atoms with Crippen LogP contribution in [-0.4, -0.2) is 9.04 Å². The molecule has 0 fully saturated rings. The molecule has 0 atom stereocenters. The average Bonchev–Trinajstić information content (AvgIpc) is 1.86. The minimum absolute atomic E-state index is 0.428. The molecule has 0 aromatic rings. The molecule has 0 heterocycles. The fourth-order valence-corrected chi connectivity index (χ4v) is 1.05. The molecule has 68 valence electrons. The molecule has 5 heteroatoms. The Morgan fingerprint density at radius 3 is 1.36 bits per heavy atom. The Morgan fingerprint density at radius 1 is 0.909 bits per heavy atom. The second-order valence-corrected chi connectivity index (χ2v) is 4.91. The molecule has 0 N–H and O–H groups in total. The summed E-state index contributed by atoms with van der Waals surface area (Å²) in [6, 6.07) is 0. The largest absolute Gasteiger partial charge is 0.310 e. The normalized spacial score (nSPS) is 13.6. The van der Waals surface area contributed by atoms with Crippen LogP contribution in [0.2, 0.25) is 0 Å². The van der Waals surface area contributed by atoms with Gasteiger partial charge in [-0.2, -0.15) is 0 Å². The van der Waals surface area contributed by atoms with Crippen molar-refractivity contribution in [3.8, 4) is 0 Å². The van der Waals surface area contributed by atoms with E-state index in [9.17, 15) is 0 Å². The van der Waals surface area contributed by atoms with Crippen molar-refractivity contribution in [2.24, 2.45) is 0 Å². The van der Waals surface area contributed by atoms with E-state index in [1.54, 1.807) is 13.8 Å². The van der Waals surface area contributed by atoms with Crippen molar-refractivity contribution in [3.05, 3.63) is 0 Å². The zero-order valence-electron chi connectivity index (χ0n) is 6.33. The van der Waals surface area contributed by atoms with Gasteiger partial charge in [0.15, 0.2) is 0 Å². The van der Waals surface area contributed by atoms with Gasteiger partial charge in [-0.05, 0) is 0 Å². The highest BCUT2D eigenvalue weighted by atomic mass is 35.5. The third-order valence-electron chi connectivity index (χ3n) is 1.12. The van der Waals surface area contributed by atoms with Crippen molar-refractivity contribution in [1.82, 2.24) is 0 Å². The Bertz CT molecular complexity index is 110. The molecule has 0 saturated heterocycles. The van der Waals surface area contributed by atoms with E-state index in [2.05, 4.69) is 0 Å². The van der Waals surface area contributed by atoms with Crippen LogP contribution in [0.3, 0.4) is 0 Å². The first-order valence-electron chi connectivity index (χ1n) is 3.29. The maximum absolute atomic E-state index is 5.66. The van der Waals surface area contributed by atoms with Gasteiger partial charge in [0, 0.05) is 12.8 Å². The Balaban J connectivity index is 4.02. The Labute approximate surface area is 86.9 Å². The Hall–Kier alpha value is 1.12. The summed E-state index contributed by atoms with van der Waals surface area (Å²) in [5.41, 5.74) is 0. The van der Waals surface area contributed by atoms with Gasteiger partial charge in [-0.3, -0.25) is 0 Å². The number of hydrogen-bond acceptors (Lipinski definition) is 1. The smallest absolute Gasteiger partial charge is 0.219 e. The van der Waals surface area contributed by atoms with E-state index in [0.717, 1.165) is 0 Å². The van der Waals surface area contributed by atoms with Gasteiger partial charge in [0.05, 0.1) is 0 Å². The molecule has 1 nitrogen and oxygen atoms in total. The van der Waals surface area contributed by atoms with Gasteiger partial charge in [0.25, 0.3) is 0 Å². The number of hydrogen-bond donors (Lipinski definition) is 0. The predicted octanol–water partition coefficient (Wildman–Crippen LogP) is 4.09. The molecule has 0 spiro atoms. The topological polar surface area (TPSA) is 9.23 Å². The van der Waals surface area contributed by atoms with Crippen LogP contribution in [0.5, 0.6) is 0 Å². The summed E-state index contributed by atoms with van der Waals surface area (Å²) in [7, 11) is 0. The highest BCUT2D eigenvalue weighted by molar-refractivity contribution is 6.50. The number of rotatable bonds is 4. The Morgan fingerprint density at radius 2 is 1.18 bits per heavy atom. The molecular weight excluding hydrogens is 230 g/mol. The molecule has 0 aliphatic carbocycles. The van der Waals surface area contributed by atoms with Crippen molar-refractivity contribution in [2.45, 2.75) is 35.7 Å². The lowest BCUT2D eigenvalue weighted by Crippen LogP contribution is -2.28. The first-order chi connectivity index (χ1) is 4.83. The number of halogens is 4. The van der Waals surface area contributed by atoms with E-state index < -0.39 is 9.04 Å². The summed E-state index contributed by atoms with van der Waals surface area (Å²) in [6.07, 6.45) is 0.856. The SMILES string of the molecule is CCC(Cl)(Cl)OC(Cl)(Cl)CC. The second kappa shape index (κ2) is 4.38. The van der Waals surface area contributed by atoms with E-state index in [4.69, 9.17) is 51.1 Å². The lowest BCUT2D eigenvalue weighted by Gasteiger charge is -2.26. The summed E-state index contributed by atoms with van der Waals surface area (Å²) in [5.74, 6) is 0. The van der Waals surface area contributed by atoms with Crippen molar-refractivity contribution < 1.29 is 4.74 Å². The van der Waals surface area contributed by atoms with Gasteiger partial charge in [-0.15, -0.1) is 0 Å². The molecule has 11 heavy (non-hydrogen) atoms. The van der Waals surface area contributed by atoms with Crippen LogP contribution in [0.25, 0.3) is 0 Å². The van der Waals surface area contributed by atoms with Crippen molar-refractivity contribution in [1.29, 1.82) is 0 Å². The molecule has 0 aliphatic heterocycles. The maximum atomic E-state index is 5.66. The summed E-state index contributed by atoms with van der Waals surface area (Å²) < 4.78 is 2.40. The lowest BCUT2D eigenvalue weighted by molar-refractivity contribution is 0.0241. The fourth-order valence-electron chi connectivity index (χ4n) is 0.363. The van der Waals surface area contributed by atoms with Gasteiger partial charge >= 0.3 is 0 Å². The Kier molecular flexibility index (Phi) is 4.83. The lowest BCUT2D eigenvalue weighted by atomic mass is 10.5. The summed E-state index contributed by atoms with van der Waals surface area (Å²) in [5, 5.41) is 0. The van der Waals surface area contributed by atoms with Crippen LogP contribution >= 0.6 is 46.4 Å². The minimum atomic E-state index is -1.29. The zero-order chi connectivity index (χ0) is 9.12. The van der Waals surface area contributed by atoms with Crippen LogP contribution in [-0.2, 0) is 4.74 Å². The van der Waals surface area contributed by atoms with Crippen molar-refractivity contribution in [3.63, 3.8) is 0 Å². The highest BCUT2D eigenvalue weighted by Gasteiger charge is 2.34. The summed E-state index contributed by atoms with van der Waals surface area (Å²) >= 11 is 22.6. The maximum Gasteiger partial charge on any atom is 0.219 e. The van der Waals surface area contributed by atoms with Crippen LogP contribution < -0.4 is 0 Å². The summed E-state index contributed by atoms with van der Waals surface area (Å²) in [4.78, 5) is 0. The van der Waals surface area contributed by atoms with Gasteiger partial charge in [0.2, 0.25) is 9.04 Å². The van der Waals surface area contributed by atoms with E-state index in [1.165, 1.54) is 0 Å². The molecule has 0 radical (unpaired) electrons. The second-order valence-electron chi connectivity index (χ2n) is 2.08. The van der Waals surface area contributed by atoms with Crippen LogP contribution in [0.15, 0.2) is 0 Å². The molecule has 0 unspecified atom stereocenters. The van der Waals surface area contributed by atoms with Crippen LogP contribution in [0.1, 0.15) is 26.7 Å². The molecule has 0 bridgehead atoms. The van der Waals surface area contributed by atoms with Gasteiger partial charge in [-0.1, -0.05) is 60.3 Å². The molecule has 0 saturated carbocycles. The van der Waals surface area contributed by atoms with Crippen LogP contribution in [0.4, 0.5) is 0 Å². The van der Waals surface area contributed by atoms with E-state index >= 15 is 0 Å². The minimum Gasteiger partial charge on any atom is -0.310 e. The highest BCUT2D eigenvalue weighted by Crippen LogP contribution is 2.38. The van der Waals surface area contributed by atoms with Gasteiger partial charge in [-0.25, -0.2) is 0 Å². The van der Waals surface area contributed by atoms with Gasteiger partial charge in [0.1, 0.15) is 0 Å². The molecular formula is C6H10Cl4O. The first kappa shape index (κ1) is 12.1. The van der Waals surface area contributed by atoms with E-state index in [1.807, 2.05) is 0 Å². The monoisotopic (exact) mass is 238 g/mol. The fraction of sp³-hybridized carbons (Fsp3) is 1.00. The third-order valence-corrected chi connectivity index (χ3v) is 2.50. The summed E-state index contributed by atoms with van der Waals surface area (Å²) in [6.45, 7) is 3.55. The molecule has 0 aromatic carbocycles. The van der Waals surface area contributed by atoms with E-state index in [-0.39, 0.29) is 0 Å². The third kappa shape index (κ3) is 5.37.